The van der Waals surface area contributed by atoms with E-state index in [-0.39, 0.29) is 11.4 Å². The van der Waals surface area contributed by atoms with Gasteiger partial charge in [0.25, 0.3) is 0 Å². The highest BCUT2D eigenvalue weighted by molar-refractivity contribution is 6.31. The molecule has 1 N–H and O–H groups in total. The number of ether oxygens (including phenoxy) is 1. The van der Waals surface area contributed by atoms with Crippen molar-refractivity contribution in [2.45, 2.75) is 25.4 Å². The molecule has 0 spiro atoms. The zero-order chi connectivity index (χ0) is 11.6. The number of hydrogen-bond donors (Lipinski definition) is 1. The number of rotatable bonds is 3. The van der Waals surface area contributed by atoms with Crippen molar-refractivity contribution in [1.82, 2.24) is 5.32 Å². The summed E-state index contributed by atoms with van der Waals surface area (Å²) in [6, 6.07) is 4.74. The fourth-order valence-corrected chi connectivity index (χ4v) is 2.04. The molecule has 1 aliphatic rings. The highest BCUT2D eigenvalue weighted by atomic mass is 35.5. The maximum Gasteiger partial charge on any atom is 0.129 e. The lowest BCUT2D eigenvalue weighted by Crippen LogP contribution is -2.42. The summed E-state index contributed by atoms with van der Waals surface area (Å²) in [6.07, 6.45) is 0.944. The van der Waals surface area contributed by atoms with Crippen LogP contribution >= 0.6 is 11.6 Å². The van der Waals surface area contributed by atoms with Crippen LogP contribution in [-0.2, 0) is 11.3 Å². The summed E-state index contributed by atoms with van der Waals surface area (Å²) < 4.78 is 18.8. The molecule has 0 bridgehead atoms. The summed E-state index contributed by atoms with van der Waals surface area (Å²) in [5, 5.41) is 3.77. The van der Waals surface area contributed by atoms with Gasteiger partial charge in [-0.25, -0.2) is 4.39 Å². The molecule has 4 heteroatoms. The Bertz CT molecular complexity index is 357. The molecule has 1 atom stereocenters. The number of nitrogens with one attached hydrogen (secondary N) is 1. The molecule has 1 aromatic rings. The summed E-state index contributed by atoms with van der Waals surface area (Å²) in [4.78, 5) is 0. The number of halogens is 2. The normalized spacial score (nSPS) is 24.9. The van der Waals surface area contributed by atoms with Gasteiger partial charge in [0.2, 0.25) is 0 Å². The molecule has 0 amide bonds. The standard InChI is InChI=1S/C12H15ClFNO/c1-12(5-6-16-8-12)15-7-9-10(13)3-2-4-11(9)14/h2-4,15H,5-8H2,1H3. The van der Waals surface area contributed by atoms with Gasteiger partial charge in [0.1, 0.15) is 5.82 Å². The van der Waals surface area contributed by atoms with Crippen molar-refractivity contribution in [3.63, 3.8) is 0 Å². The number of hydrogen-bond acceptors (Lipinski definition) is 2. The maximum atomic E-state index is 13.5. The minimum absolute atomic E-state index is 0.0639. The summed E-state index contributed by atoms with van der Waals surface area (Å²) in [5.41, 5.74) is 0.461. The van der Waals surface area contributed by atoms with E-state index in [4.69, 9.17) is 16.3 Å². The predicted octanol–water partition coefficient (Wildman–Crippen LogP) is 2.75. The quantitative estimate of drug-likeness (QED) is 0.882. The maximum absolute atomic E-state index is 13.5. The van der Waals surface area contributed by atoms with Crippen molar-refractivity contribution in [2.75, 3.05) is 13.2 Å². The Morgan fingerprint density at radius 3 is 3.00 bits per heavy atom. The van der Waals surface area contributed by atoms with Crippen LogP contribution in [0.25, 0.3) is 0 Å². The van der Waals surface area contributed by atoms with Crippen LogP contribution < -0.4 is 5.32 Å². The second-order valence-electron chi connectivity index (χ2n) is 4.42. The molecule has 0 aromatic heterocycles. The van der Waals surface area contributed by atoms with Gasteiger partial charge >= 0.3 is 0 Å². The van der Waals surface area contributed by atoms with Gasteiger partial charge in [-0.05, 0) is 25.5 Å². The van der Waals surface area contributed by atoms with Crippen LogP contribution in [-0.4, -0.2) is 18.8 Å². The van der Waals surface area contributed by atoms with Crippen LogP contribution in [0.15, 0.2) is 18.2 Å². The molecule has 1 saturated heterocycles. The summed E-state index contributed by atoms with van der Waals surface area (Å²) >= 11 is 5.95. The monoisotopic (exact) mass is 243 g/mol. The molecule has 16 heavy (non-hydrogen) atoms. The molecular formula is C12H15ClFNO. The van der Waals surface area contributed by atoms with E-state index in [1.165, 1.54) is 6.07 Å². The average molecular weight is 244 g/mol. The Morgan fingerprint density at radius 2 is 2.38 bits per heavy atom. The van der Waals surface area contributed by atoms with Crippen molar-refractivity contribution in [2.24, 2.45) is 0 Å². The third-order valence-corrected chi connectivity index (χ3v) is 3.33. The lowest BCUT2D eigenvalue weighted by molar-refractivity contribution is 0.171. The van der Waals surface area contributed by atoms with Crippen LogP contribution in [0.3, 0.4) is 0 Å². The molecule has 2 nitrogen and oxygen atoms in total. The van der Waals surface area contributed by atoms with Crippen molar-refractivity contribution < 1.29 is 9.13 Å². The second kappa shape index (κ2) is 4.70. The lowest BCUT2D eigenvalue weighted by Gasteiger charge is -2.24. The molecule has 1 unspecified atom stereocenters. The topological polar surface area (TPSA) is 21.3 Å². The molecule has 0 radical (unpaired) electrons. The zero-order valence-electron chi connectivity index (χ0n) is 9.22. The molecule has 1 aliphatic heterocycles. The average Bonchev–Trinajstić information content (AvgIpc) is 2.65. The van der Waals surface area contributed by atoms with E-state index in [0.717, 1.165) is 13.0 Å². The molecule has 1 aromatic carbocycles. The van der Waals surface area contributed by atoms with E-state index in [9.17, 15) is 4.39 Å². The summed E-state index contributed by atoms with van der Waals surface area (Å²) in [6.45, 7) is 3.94. The highest BCUT2D eigenvalue weighted by Crippen LogP contribution is 2.22. The summed E-state index contributed by atoms with van der Waals surface area (Å²) in [7, 11) is 0. The van der Waals surface area contributed by atoms with Crippen LogP contribution in [0.4, 0.5) is 4.39 Å². The van der Waals surface area contributed by atoms with E-state index >= 15 is 0 Å². The first kappa shape index (κ1) is 11.8. The Hall–Kier alpha value is -0.640. The Morgan fingerprint density at radius 1 is 1.56 bits per heavy atom. The van der Waals surface area contributed by atoms with Crippen molar-refractivity contribution in [3.05, 3.63) is 34.6 Å². The van der Waals surface area contributed by atoms with E-state index in [1.807, 2.05) is 0 Å². The highest BCUT2D eigenvalue weighted by Gasteiger charge is 2.29. The van der Waals surface area contributed by atoms with Gasteiger partial charge in [-0.1, -0.05) is 17.7 Å². The van der Waals surface area contributed by atoms with E-state index in [2.05, 4.69) is 12.2 Å². The van der Waals surface area contributed by atoms with Gasteiger partial charge in [0, 0.05) is 29.3 Å². The fraction of sp³-hybridized carbons (Fsp3) is 0.500. The van der Waals surface area contributed by atoms with E-state index in [1.54, 1.807) is 12.1 Å². The zero-order valence-corrected chi connectivity index (χ0v) is 9.98. The van der Waals surface area contributed by atoms with Crippen molar-refractivity contribution >= 4 is 11.6 Å². The fourth-order valence-electron chi connectivity index (χ4n) is 1.81. The van der Waals surface area contributed by atoms with Crippen LogP contribution in [0, 0.1) is 5.82 Å². The molecule has 1 fully saturated rings. The third-order valence-electron chi connectivity index (χ3n) is 2.97. The molecule has 1 heterocycles. The van der Waals surface area contributed by atoms with Gasteiger partial charge in [0.15, 0.2) is 0 Å². The van der Waals surface area contributed by atoms with Gasteiger partial charge in [-0.15, -0.1) is 0 Å². The smallest absolute Gasteiger partial charge is 0.129 e. The first-order valence-corrected chi connectivity index (χ1v) is 5.74. The van der Waals surface area contributed by atoms with Gasteiger partial charge in [0.05, 0.1) is 6.61 Å². The van der Waals surface area contributed by atoms with Crippen molar-refractivity contribution in [1.29, 1.82) is 0 Å². The third kappa shape index (κ3) is 2.54. The Labute approximate surface area is 99.7 Å². The minimum atomic E-state index is -0.262. The largest absolute Gasteiger partial charge is 0.379 e. The Kier molecular flexibility index (Phi) is 3.47. The SMILES string of the molecule is CC1(NCc2c(F)cccc2Cl)CCOC1. The number of benzene rings is 1. The first-order valence-electron chi connectivity index (χ1n) is 5.36. The minimum Gasteiger partial charge on any atom is -0.379 e. The molecular weight excluding hydrogens is 229 g/mol. The van der Waals surface area contributed by atoms with Crippen LogP contribution in [0.1, 0.15) is 18.9 Å². The lowest BCUT2D eigenvalue weighted by atomic mass is 10.0. The molecule has 2 rings (SSSR count). The predicted molar refractivity (Wildman–Crippen MR) is 62.1 cm³/mol. The van der Waals surface area contributed by atoms with E-state index in [0.29, 0.717) is 23.7 Å². The van der Waals surface area contributed by atoms with Crippen molar-refractivity contribution in [3.8, 4) is 0 Å². The van der Waals surface area contributed by atoms with Gasteiger partial charge in [-0.2, -0.15) is 0 Å². The molecule has 88 valence electrons. The van der Waals surface area contributed by atoms with Crippen LogP contribution in [0.2, 0.25) is 5.02 Å². The molecule has 0 aliphatic carbocycles. The second-order valence-corrected chi connectivity index (χ2v) is 4.82. The molecule has 0 saturated carbocycles. The van der Waals surface area contributed by atoms with E-state index < -0.39 is 0 Å². The van der Waals surface area contributed by atoms with Gasteiger partial charge in [-0.3, -0.25) is 0 Å². The first-order chi connectivity index (χ1) is 7.61. The van der Waals surface area contributed by atoms with Crippen LogP contribution in [0.5, 0.6) is 0 Å². The summed E-state index contributed by atoms with van der Waals surface area (Å²) in [5.74, 6) is -0.262. The van der Waals surface area contributed by atoms with Gasteiger partial charge < -0.3 is 10.1 Å². The Balaban J connectivity index is 2.04.